The standard InChI is InChI=1S/C17H20N2O4/c1-3-22-15-7-12-13(8-16(15)23-4-2)18-6-5-14(12)19-9-11(10-19)17(20)21/h5-8,11H,3-4,9-10H2,1-2H3,(H,20,21). The third-order valence-electron chi connectivity index (χ3n) is 3.96. The van der Waals surface area contributed by atoms with Crippen molar-refractivity contribution in [1.82, 2.24) is 4.98 Å². The third kappa shape index (κ3) is 2.88. The zero-order chi connectivity index (χ0) is 16.4. The molecule has 0 bridgehead atoms. The van der Waals surface area contributed by atoms with Crippen molar-refractivity contribution < 1.29 is 19.4 Å². The molecule has 3 rings (SSSR count). The summed E-state index contributed by atoms with van der Waals surface area (Å²) in [6.45, 7) is 5.99. The van der Waals surface area contributed by atoms with Crippen LogP contribution in [0, 0.1) is 5.92 Å². The maximum absolute atomic E-state index is 11.0. The lowest BCUT2D eigenvalue weighted by Gasteiger charge is -2.39. The Bertz CT molecular complexity index is 726. The fourth-order valence-corrected chi connectivity index (χ4v) is 2.78. The van der Waals surface area contributed by atoms with Crippen molar-refractivity contribution in [2.75, 3.05) is 31.2 Å². The molecule has 0 amide bonds. The van der Waals surface area contributed by atoms with E-state index in [1.165, 1.54) is 0 Å². The summed E-state index contributed by atoms with van der Waals surface area (Å²) in [5.41, 5.74) is 1.80. The molecule has 0 spiro atoms. The van der Waals surface area contributed by atoms with Crippen molar-refractivity contribution in [1.29, 1.82) is 0 Å². The second-order valence-corrected chi connectivity index (χ2v) is 5.45. The number of ether oxygens (including phenoxy) is 2. The summed E-state index contributed by atoms with van der Waals surface area (Å²) in [7, 11) is 0. The van der Waals surface area contributed by atoms with Gasteiger partial charge in [-0.15, -0.1) is 0 Å². The van der Waals surface area contributed by atoms with Crippen LogP contribution in [0.5, 0.6) is 11.5 Å². The van der Waals surface area contributed by atoms with Gasteiger partial charge in [-0.1, -0.05) is 0 Å². The molecule has 1 fully saturated rings. The molecule has 6 nitrogen and oxygen atoms in total. The highest BCUT2D eigenvalue weighted by molar-refractivity contribution is 5.94. The normalized spacial score (nSPS) is 14.6. The molecular formula is C17H20N2O4. The first-order chi connectivity index (χ1) is 11.1. The van der Waals surface area contributed by atoms with E-state index in [0.29, 0.717) is 37.8 Å². The summed E-state index contributed by atoms with van der Waals surface area (Å²) < 4.78 is 11.3. The highest BCUT2D eigenvalue weighted by atomic mass is 16.5. The molecular weight excluding hydrogens is 296 g/mol. The predicted octanol–water partition coefficient (Wildman–Crippen LogP) is 2.55. The number of hydrogen-bond acceptors (Lipinski definition) is 5. The van der Waals surface area contributed by atoms with Crippen molar-refractivity contribution in [3.63, 3.8) is 0 Å². The van der Waals surface area contributed by atoms with Gasteiger partial charge in [-0.3, -0.25) is 9.78 Å². The monoisotopic (exact) mass is 316 g/mol. The topological polar surface area (TPSA) is 71.9 Å². The number of nitrogens with zero attached hydrogens (tertiary/aromatic N) is 2. The minimum absolute atomic E-state index is 0.299. The van der Waals surface area contributed by atoms with Gasteiger partial charge in [0.2, 0.25) is 0 Å². The predicted molar refractivity (Wildman–Crippen MR) is 87.4 cm³/mol. The summed E-state index contributed by atoms with van der Waals surface area (Å²) in [6.07, 6.45) is 1.74. The average molecular weight is 316 g/mol. The SMILES string of the molecule is CCOc1cc2nccc(N3CC(C(=O)O)C3)c2cc1OCC. The molecule has 1 saturated heterocycles. The van der Waals surface area contributed by atoms with Crippen LogP contribution in [0.4, 0.5) is 5.69 Å². The van der Waals surface area contributed by atoms with Crippen LogP contribution in [0.25, 0.3) is 10.9 Å². The largest absolute Gasteiger partial charge is 0.490 e. The Kier molecular flexibility index (Phi) is 4.23. The molecule has 2 heterocycles. The van der Waals surface area contributed by atoms with Crippen molar-refractivity contribution in [3.05, 3.63) is 24.4 Å². The van der Waals surface area contributed by atoms with Gasteiger partial charge in [0.1, 0.15) is 0 Å². The number of aromatic nitrogens is 1. The molecule has 1 aromatic carbocycles. The van der Waals surface area contributed by atoms with Gasteiger partial charge in [-0.2, -0.15) is 0 Å². The molecule has 1 aliphatic rings. The number of rotatable bonds is 6. The number of hydrogen-bond donors (Lipinski definition) is 1. The van der Waals surface area contributed by atoms with Crippen molar-refractivity contribution in [3.8, 4) is 11.5 Å². The molecule has 1 aliphatic heterocycles. The number of aliphatic carboxylic acids is 1. The second-order valence-electron chi connectivity index (χ2n) is 5.45. The van der Waals surface area contributed by atoms with E-state index in [0.717, 1.165) is 16.6 Å². The second kappa shape index (κ2) is 6.32. The smallest absolute Gasteiger partial charge is 0.310 e. The number of carbonyl (C=O) groups is 1. The van der Waals surface area contributed by atoms with Crippen LogP contribution < -0.4 is 14.4 Å². The van der Waals surface area contributed by atoms with Gasteiger partial charge in [0.25, 0.3) is 0 Å². The molecule has 0 atom stereocenters. The highest BCUT2D eigenvalue weighted by Crippen LogP contribution is 2.37. The fraction of sp³-hybridized carbons (Fsp3) is 0.412. The highest BCUT2D eigenvalue weighted by Gasteiger charge is 2.33. The van der Waals surface area contributed by atoms with Crippen LogP contribution >= 0.6 is 0 Å². The van der Waals surface area contributed by atoms with E-state index in [1.54, 1.807) is 6.20 Å². The summed E-state index contributed by atoms with van der Waals surface area (Å²) >= 11 is 0. The van der Waals surface area contributed by atoms with Crippen LogP contribution in [-0.4, -0.2) is 42.4 Å². The Morgan fingerprint density at radius 1 is 1.26 bits per heavy atom. The minimum atomic E-state index is -0.742. The first kappa shape index (κ1) is 15.4. The van der Waals surface area contributed by atoms with E-state index in [9.17, 15) is 4.79 Å². The number of pyridine rings is 1. The lowest BCUT2D eigenvalue weighted by molar-refractivity contribution is -0.142. The van der Waals surface area contributed by atoms with E-state index in [4.69, 9.17) is 14.6 Å². The first-order valence-corrected chi connectivity index (χ1v) is 7.80. The number of carboxylic acid groups (broad SMARTS) is 1. The van der Waals surface area contributed by atoms with Gasteiger partial charge in [0.05, 0.1) is 24.6 Å². The number of fused-ring (bicyclic) bond motifs is 1. The maximum atomic E-state index is 11.0. The molecule has 1 aromatic heterocycles. The van der Waals surface area contributed by atoms with E-state index in [1.807, 2.05) is 32.0 Å². The Balaban J connectivity index is 1.99. The van der Waals surface area contributed by atoms with Crippen molar-refractivity contribution in [2.24, 2.45) is 5.92 Å². The molecule has 23 heavy (non-hydrogen) atoms. The average Bonchev–Trinajstić information content (AvgIpc) is 2.47. The van der Waals surface area contributed by atoms with Crippen molar-refractivity contribution >= 4 is 22.6 Å². The fourth-order valence-electron chi connectivity index (χ4n) is 2.78. The van der Waals surface area contributed by atoms with Crippen LogP contribution in [0.3, 0.4) is 0 Å². The van der Waals surface area contributed by atoms with Crippen molar-refractivity contribution in [2.45, 2.75) is 13.8 Å². The van der Waals surface area contributed by atoms with Crippen LogP contribution in [0.1, 0.15) is 13.8 Å². The third-order valence-corrected chi connectivity index (χ3v) is 3.96. The van der Waals surface area contributed by atoms with Gasteiger partial charge in [-0.25, -0.2) is 0 Å². The number of carboxylic acids is 1. The molecule has 1 N–H and O–H groups in total. The van der Waals surface area contributed by atoms with E-state index < -0.39 is 5.97 Å². The molecule has 122 valence electrons. The zero-order valence-electron chi connectivity index (χ0n) is 13.3. The number of benzene rings is 1. The van der Waals surface area contributed by atoms with Crippen LogP contribution in [-0.2, 0) is 4.79 Å². The van der Waals surface area contributed by atoms with E-state index in [-0.39, 0.29) is 5.92 Å². The summed E-state index contributed by atoms with van der Waals surface area (Å²) in [4.78, 5) is 17.5. The Labute approximate surface area is 134 Å². The van der Waals surface area contributed by atoms with Gasteiger partial charge >= 0.3 is 5.97 Å². The molecule has 0 aliphatic carbocycles. The summed E-state index contributed by atoms with van der Waals surface area (Å²) in [5.74, 6) is 0.324. The minimum Gasteiger partial charge on any atom is -0.490 e. The Hall–Kier alpha value is -2.50. The van der Waals surface area contributed by atoms with Crippen LogP contribution in [0.15, 0.2) is 24.4 Å². The van der Waals surface area contributed by atoms with E-state index in [2.05, 4.69) is 9.88 Å². The molecule has 6 heteroatoms. The lowest BCUT2D eigenvalue weighted by atomic mass is 9.98. The molecule has 0 unspecified atom stereocenters. The first-order valence-electron chi connectivity index (χ1n) is 7.80. The van der Waals surface area contributed by atoms with Gasteiger partial charge in [-0.05, 0) is 26.0 Å². The van der Waals surface area contributed by atoms with E-state index >= 15 is 0 Å². The summed E-state index contributed by atoms with van der Waals surface area (Å²) in [5, 5.41) is 9.99. The quantitative estimate of drug-likeness (QED) is 0.883. The summed E-state index contributed by atoms with van der Waals surface area (Å²) in [6, 6.07) is 5.72. The molecule has 2 aromatic rings. The van der Waals surface area contributed by atoms with Gasteiger partial charge in [0.15, 0.2) is 11.5 Å². The zero-order valence-corrected chi connectivity index (χ0v) is 13.3. The maximum Gasteiger partial charge on any atom is 0.310 e. The Morgan fingerprint density at radius 3 is 2.52 bits per heavy atom. The van der Waals surface area contributed by atoms with Gasteiger partial charge in [0, 0.05) is 36.4 Å². The molecule has 0 saturated carbocycles. The van der Waals surface area contributed by atoms with Gasteiger partial charge < -0.3 is 19.5 Å². The Morgan fingerprint density at radius 2 is 1.91 bits per heavy atom. The molecule has 0 radical (unpaired) electrons. The van der Waals surface area contributed by atoms with Crippen LogP contribution in [0.2, 0.25) is 0 Å². The number of anilines is 1. The lowest BCUT2D eigenvalue weighted by Crippen LogP contribution is -2.50.